The van der Waals surface area contributed by atoms with Crippen molar-refractivity contribution in [1.29, 1.82) is 0 Å². The second kappa shape index (κ2) is 21.4. The molecule has 4 saturated heterocycles. The molecule has 0 radical (unpaired) electrons. The number of ether oxygens (including phenoxy) is 4. The number of aromatic nitrogens is 4. The van der Waals surface area contributed by atoms with Gasteiger partial charge in [0.25, 0.3) is 23.6 Å². The predicted molar refractivity (Wildman–Crippen MR) is 395 cm³/mol. The van der Waals surface area contributed by atoms with Crippen LogP contribution in [-0.4, -0.2) is 89.8 Å². The highest BCUT2D eigenvalue weighted by atomic mass is 16.6. The van der Waals surface area contributed by atoms with Gasteiger partial charge in [-0.25, -0.2) is 9.97 Å². The van der Waals surface area contributed by atoms with Gasteiger partial charge in [-0.1, -0.05) is 128 Å². The van der Waals surface area contributed by atoms with E-state index in [1.54, 1.807) is 24.3 Å². The lowest BCUT2D eigenvalue weighted by atomic mass is 9.66. The van der Waals surface area contributed by atoms with Gasteiger partial charge in [-0.3, -0.25) is 38.4 Å². The molecular formula is C84H82N8O12. The van der Waals surface area contributed by atoms with Crippen molar-refractivity contribution in [1.82, 2.24) is 19.9 Å². The van der Waals surface area contributed by atoms with Gasteiger partial charge in [-0.15, -0.1) is 0 Å². The number of rotatable bonds is 12. The Labute approximate surface area is 601 Å². The van der Waals surface area contributed by atoms with E-state index in [1.165, 1.54) is 0 Å². The van der Waals surface area contributed by atoms with E-state index in [2.05, 4.69) is 31.2 Å². The number of hydrogen-bond acceptors (Lipinski definition) is 14. The molecule has 20 nitrogen and oxygen atoms in total. The van der Waals surface area contributed by atoms with Crippen molar-refractivity contribution < 1.29 is 57.3 Å². The molecule has 104 heavy (non-hydrogen) atoms. The molecule has 8 fully saturated rings. The molecule has 6 N–H and O–H groups in total. The summed E-state index contributed by atoms with van der Waals surface area (Å²) >= 11 is 0. The van der Waals surface area contributed by atoms with Crippen LogP contribution in [0.2, 0.25) is 0 Å². The summed E-state index contributed by atoms with van der Waals surface area (Å²) in [7, 11) is 0. The molecule has 4 amide bonds. The van der Waals surface area contributed by atoms with Crippen molar-refractivity contribution in [2.24, 2.45) is 43.3 Å². The molecule has 4 saturated carbocycles. The fourth-order valence-corrected chi connectivity index (χ4v) is 19.5. The molecule has 0 unspecified atom stereocenters. The lowest BCUT2D eigenvalue weighted by Gasteiger charge is -2.35. The number of carbonyl (C=O) groups excluding carboxylic acids is 8. The SMILES string of the molecule is CC1(C)[C@@]2(C(=O)Nc3ccccc3-c3c4nc(c(-c5ccccc5NC(=O)[C@]56CC[C@](C)(C(=O)O5)C6(C)C)c5ccc([nH]5)c(-c5ccccc5NC(=O)[C@]56CC[C@](C)(C(=O)O5)C6(C)C)c5nc(c(-c6ccccc6NC(=O)[C@]67CC[C@](C)(C(=O)O6)C7(C)C)c6ccc3[nH]6)C=C5)C=C4)CC[C@]1(C)C(=O)O2. The minimum Gasteiger partial charge on any atom is -0.448 e. The zero-order valence-corrected chi connectivity index (χ0v) is 60.3. The van der Waals surface area contributed by atoms with Crippen LogP contribution >= 0.6 is 0 Å². The minimum absolute atomic E-state index is 0.325. The lowest BCUT2D eigenvalue weighted by Crippen LogP contribution is -2.50. The van der Waals surface area contributed by atoms with Gasteiger partial charge >= 0.3 is 23.9 Å². The van der Waals surface area contributed by atoms with Crippen molar-refractivity contribution in [2.75, 3.05) is 21.3 Å². The van der Waals surface area contributed by atoms with Gasteiger partial charge in [0.1, 0.15) is 0 Å². The molecule has 9 heterocycles. The number of para-hydroxylation sites is 4. The van der Waals surface area contributed by atoms with Crippen LogP contribution in [0.1, 0.15) is 157 Å². The first kappa shape index (κ1) is 66.5. The van der Waals surface area contributed by atoms with Gasteiger partial charge in [-0.2, -0.15) is 0 Å². The van der Waals surface area contributed by atoms with Crippen LogP contribution < -0.4 is 21.3 Å². The van der Waals surface area contributed by atoms with E-state index in [-0.39, 0.29) is 0 Å². The van der Waals surface area contributed by atoms with E-state index in [9.17, 15) is 19.2 Å². The molecule has 17 rings (SSSR count). The summed E-state index contributed by atoms with van der Waals surface area (Å²) in [6, 6.07) is 37.3. The molecule has 10 aliphatic rings. The molecular weight excluding hydrogens is 1310 g/mol. The van der Waals surface area contributed by atoms with Crippen molar-refractivity contribution >= 4 is 117 Å². The number of esters is 4. The van der Waals surface area contributed by atoms with E-state index in [1.807, 2.05) is 204 Å². The Morgan fingerprint density at radius 1 is 0.308 bits per heavy atom. The first-order valence-electron chi connectivity index (χ1n) is 35.9. The van der Waals surface area contributed by atoms with E-state index < -0.39 is 113 Å². The number of anilines is 4. The molecule has 530 valence electrons. The lowest BCUT2D eigenvalue weighted by molar-refractivity contribution is -0.166. The van der Waals surface area contributed by atoms with Gasteiger partial charge in [0.15, 0.2) is 22.4 Å². The number of nitrogens with zero attached hydrogens (tertiary/aromatic N) is 2. The normalized spacial score (nSPS) is 29.7. The molecule has 4 aromatic carbocycles. The quantitative estimate of drug-likeness (QED) is 0.0490. The fraction of sp³-hybridized carbons (Fsp3) is 0.381. The topological polar surface area (TPSA) is 279 Å². The Hall–Kier alpha value is -10.8. The summed E-state index contributed by atoms with van der Waals surface area (Å²) in [5.74, 6) is -3.53. The number of amides is 4. The second-order valence-corrected chi connectivity index (χ2v) is 33.2. The highest BCUT2D eigenvalue weighted by Crippen LogP contribution is 2.70. The third kappa shape index (κ3) is 8.19. The van der Waals surface area contributed by atoms with Crippen molar-refractivity contribution in [3.8, 4) is 44.5 Å². The van der Waals surface area contributed by atoms with Gasteiger partial charge in [-0.05, 0) is 152 Å². The van der Waals surface area contributed by atoms with Crippen molar-refractivity contribution in [2.45, 2.75) is 157 Å². The summed E-state index contributed by atoms with van der Waals surface area (Å²) in [5, 5.41) is 13.0. The van der Waals surface area contributed by atoms with Crippen LogP contribution in [0.15, 0.2) is 121 Å². The molecule has 4 aliphatic carbocycles. The fourth-order valence-electron chi connectivity index (χ4n) is 19.5. The summed E-state index contributed by atoms with van der Waals surface area (Å²) in [4.78, 5) is 135. The summed E-state index contributed by atoms with van der Waals surface area (Å²) in [6.07, 6.45) is 10.8. The van der Waals surface area contributed by atoms with E-state index in [4.69, 9.17) is 28.9 Å². The smallest absolute Gasteiger partial charge is 0.313 e. The molecule has 20 heteroatoms. The Bertz CT molecular complexity index is 4740. The highest BCUT2D eigenvalue weighted by Gasteiger charge is 2.79. The van der Waals surface area contributed by atoms with Gasteiger partial charge in [0.05, 0.1) is 44.4 Å². The van der Waals surface area contributed by atoms with Crippen LogP contribution in [0.3, 0.4) is 0 Å². The van der Waals surface area contributed by atoms with Crippen molar-refractivity contribution in [3.63, 3.8) is 0 Å². The predicted octanol–water partition coefficient (Wildman–Crippen LogP) is 15.6. The van der Waals surface area contributed by atoms with Crippen LogP contribution in [-0.2, 0) is 57.3 Å². The average Bonchev–Trinajstić information content (AvgIpc) is 1.54. The number of hydrogen-bond donors (Lipinski definition) is 6. The van der Waals surface area contributed by atoms with Gasteiger partial charge in [0.2, 0.25) is 0 Å². The molecule has 8 atom stereocenters. The largest absolute Gasteiger partial charge is 0.448 e. The Morgan fingerprint density at radius 2 is 0.510 bits per heavy atom. The Kier molecular flexibility index (Phi) is 13.7. The van der Waals surface area contributed by atoms with Gasteiger partial charge in [0, 0.05) is 111 Å². The number of carbonyl (C=O) groups is 8. The number of fused-ring (bicyclic) bond motifs is 16. The molecule has 7 aromatic rings. The Morgan fingerprint density at radius 3 is 0.692 bits per heavy atom. The van der Waals surface area contributed by atoms with E-state index in [0.717, 1.165) is 0 Å². The zero-order chi connectivity index (χ0) is 73.3. The van der Waals surface area contributed by atoms with Crippen LogP contribution in [0, 0.1) is 43.3 Å². The summed E-state index contributed by atoms with van der Waals surface area (Å²) in [5.41, 5.74) is -3.02. The zero-order valence-electron chi connectivity index (χ0n) is 60.3. The monoisotopic (exact) mass is 1390 g/mol. The Balaban J connectivity index is 0.924. The third-order valence-electron chi connectivity index (χ3n) is 28.3. The maximum absolute atomic E-state index is 15.3. The first-order chi connectivity index (χ1) is 49.2. The molecule has 16 bridgehead atoms. The first-order valence-corrected chi connectivity index (χ1v) is 35.9. The summed E-state index contributed by atoms with van der Waals surface area (Å²) < 4.78 is 24.6. The van der Waals surface area contributed by atoms with Gasteiger partial charge < -0.3 is 50.2 Å². The number of benzene rings is 4. The van der Waals surface area contributed by atoms with E-state index >= 15 is 19.2 Å². The molecule has 3 aromatic heterocycles. The maximum atomic E-state index is 15.3. The highest BCUT2D eigenvalue weighted by molar-refractivity contribution is 6.13. The van der Waals surface area contributed by atoms with Crippen LogP contribution in [0.5, 0.6) is 0 Å². The second-order valence-electron chi connectivity index (χ2n) is 33.2. The van der Waals surface area contributed by atoms with Crippen molar-refractivity contribution in [3.05, 3.63) is 144 Å². The molecule has 6 aliphatic heterocycles. The standard InChI is InChI=1S/C84H82N8O12/c1-73(2)77(9)37-41-81(73,101-69(77)97)65(93)89-49-25-17-13-21-45(49)61-53-29-31-55(85-53)62(46-22-14-18-26-50(46)90-66(94)82-42-38-78(10,70(98)102-82)74(82,3)4)57-33-35-59(87-57)64(48-24-16-20-28-52(48)92-68(96)84-44-40-80(12,72(100)104-84)76(84,7)8)60-36-34-58(88-60)63(56-32-30-54(61)86-56)47-23-15-19-27-51(47)91-67(95)83-43-39-79(11,71(99)103-83)75(83,5)6/h13-36,85,88H,37-44H2,1-12H3,(H,89,93)(H,90,94)(H,91,95)(H,92,96)/t77-,78-,79-,80-,81+,82+,83+,84+/m1/s1. The number of nitrogens with one attached hydrogen (secondary N) is 6. The molecule has 0 spiro atoms. The summed E-state index contributed by atoms with van der Waals surface area (Å²) in [6.45, 7) is 22.8. The van der Waals surface area contributed by atoms with Crippen LogP contribution in [0.25, 0.3) is 90.9 Å². The van der Waals surface area contributed by atoms with Crippen LogP contribution in [0.4, 0.5) is 22.7 Å². The maximum Gasteiger partial charge on any atom is 0.313 e. The average molecular weight is 1400 g/mol. The van der Waals surface area contributed by atoms with E-state index in [0.29, 0.717) is 163 Å². The number of H-pyrrole nitrogens is 2. The third-order valence-corrected chi connectivity index (χ3v) is 28.3. The minimum atomic E-state index is -1.48. The number of aromatic amines is 2.